The third-order valence-corrected chi connectivity index (χ3v) is 7.44. The Morgan fingerprint density at radius 3 is 2.50 bits per heavy atom. The molecule has 8 heteroatoms. The molecular weight excluding hydrogens is 396 g/mol. The molecule has 0 aliphatic carbocycles. The molecule has 0 aliphatic rings. The SMILES string of the molecule is CCN(CC)S(=O)(=O)c1ccc(SCc2cc(=O)oc3cc(C)ccc23)nc1. The molecule has 0 spiro atoms. The van der Waals surface area contributed by atoms with E-state index in [1.54, 1.807) is 26.0 Å². The summed E-state index contributed by atoms with van der Waals surface area (Å²) in [6, 6.07) is 10.5. The van der Waals surface area contributed by atoms with Crippen molar-refractivity contribution in [2.75, 3.05) is 13.1 Å². The fraction of sp³-hybridized carbons (Fsp3) is 0.300. The summed E-state index contributed by atoms with van der Waals surface area (Å²) in [7, 11) is -3.52. The van der Waals surface area contributed by atoms with E-state index in [-0.39, 0.29) is 10.5 Å². The van der Waals surface area contributed by atoms with Crippen LogP contribution in [-0.2, 0) is 15.8 Å². The average molecular weight is 419 g/mol. The minimum atomic E-state index is -3.52. The maximum Gasteiger partial charge on any atom is 0.336 e. The van der Waals surface area contributed by atoms with Crippen molar-refractivity contribution in [3.8, 4) is 0 Å². The van der Waals surface area contributed by atoms with Gasteiger partial charge in [-0.15, -0.1) is 11.8 Å². The van der Waals surface area contributed by atoms with Crippen molar-refractivity contribution in [1.29, 1.82) is 0 Å². The van der Waals surface area contributed by atoms with Gasteiger partial charge in [-0.3, -0.25) is 0 Å². The highest BCUT2D eigenvalue weighted by molar-refractivity contribution is 7.98. The predicted molar refractivity (Wildman–Crippen MR) is 111 cm³/mol. The second kappa shape index (κ2) is 8.46. The van der Waals surface area contributed by atoms with Gasteiger partial charge in [-0.25, -0.2) is 18.2 Å². The molecule has 0 atom stereocenters. The number of sulfonamides is 1. The normalized spacial score (nSPS) is 12.0. The monoisotopic (exact) mass is 418 g/mol. The Kier molecular flexibility index (Phi) is 6.22. The molecule has 0 saturated carbocycles. The van der Waals surface area contributed by atoms with E-state index in [1.165, 1.54) is 28.3 Å². The van der Waals surface area contributed by atoms with Crippen LogP contribution in [0.15, 0.2) is 61.7 Å². The van der Waals surface area contributed by atoms with Gasteiger partial charge in [0.2, 0.25) is 10.0 Å². The lowest BCUT2D eigenvalue weighted by Crippen LogP contribution is -2.30. The van der Waals surface area contributed by atoms with Crippen LogP contribution in [-0.4, -0.2) is 30.8 Å². The minimum Gasteiger partial charge on any atom is -0.423 e. The third-order valence-electron chi connectivity index (χ3n) is 4.41. The zero-order chi connectivity index (χ0) is 20.3. The van der Waals surface area contributed by atoms with E-state index in [9.17, 15) is 13.2 Å². The largest absolute Gasteiger partial charge is 0.423 e. The summed E-state index contributed by atoms with van der Waals surface area (Å²) in [5, 5.41) is 1.57. The van der Waals surface area contributed by atoms with E-state index in [1.807, 2.05) is 25.1 Å². The van der Waals surface area contributed by atoms with Crippen LogP contribution in [0, 0.1) is 6.92 Å². The van der Waals surface area contributed by atoms with Crippen molar-refractivity contribution in [1.82, 2.24) is 9.29 Å². The van der Waals surface area contributed by atoms with E-state index >= 15 is 0 Å². The standard InChI is InChI=1S/C20H22N2O4S2/c1-4-22(5-2)28(24,25)16-7-9-19(21-12-16)27-13-15-11-20(23)26-18-10-14(3)6-8-17(15)18/h6-12H,4-5,13H2,1-3H3. The number of aromatic nitrogens is 1. The van der Waals surface area contributed by atoms with Gasteiger partial charge in [-0.05, 0) is 36.2 Å². The van der Waals surface area contributed by atoms with E-state index in [0.29, 0.717) is 29.5 Å². The van der Waals surface area contributed by atoms with Crippen LogP contribution in [0.2, 0.25) is 0 Å². The molecule has 1 aromatic carbocycles. The number of hydrogen-bond donors (Lipinski definition) is 0. The van der Waals surface area contributed by atoms with E-state index in [0.717, 1.165) is 16.5 Å². The van der Waals surface area contributed by atoms with Crippen molar-refractivity contribution in [3.63, 3.8) is 0 Å². The van der Waals surface area contributed by atoms with Gasteiger partial charge in [0.05, 0.1) is 5.03 Å². The Morgan fingerprint density at radius 2 is 1.86 bits per heavy atom. The van der Waals surface area contributed by atoms with Crippen molar-refractivity contribution in [3.05, 3.63) is 64.1 Å². The van der Waals surface area contributed by atoms with Crippen LogP contribution < -0.4 is 5.63 Å². The molecule has 2 heterocycles. The van der Waals surface area contributed by atoms with Crippen LogP contribution in [0.1, 0.15) is 25.0 Å². The number of rotatable bonds is 7. The minimum absolute atomic E-state index is 0.182. The Morgan fingerprint density at radius 1 is 1.11 bits per heavy atom. The Labute approximate surface area is 168 Å². The van der Waals surface area contributed by atoms with Crippen molar-refractivity contribution < 1.29 is 12.8 Å². The van der Waals surface area contributed by atoms with Gasteiger partial charge in [-0.2, -0.15) is 4.31 Å². The molecule has 2 aromatic heterocycles. The number of fused-ring (bicyclic) bond motifs is 1. The highest BCUT2D eigenvalue weighted by atomic mass is 32.2. The summed E-state index contributed by atoms with van der Waals surface area (Å²) in [6.07, 6.45) is 1.39. The maximum absolute atomic E-state index is 12.5. The van der Waals surface area contributed by atoms with Crippen LogP contribution in [0.4, 0.5) is 0 Å². The molecule has 3 aromatic rings. The lowest BCUT2D eigenvalue weighted by atomic mass is 10.1. The van der Waals surface area contributed by atoms with E-state index in [2.05, 4.69) is 4.98 Å². The first-order valence-electron chi connectivity index (χ1n) is 8.97. The molecule has 0 radical (unpaired) electrons. The fourth-order valence-corrected chi connectivity index (χ4v) is 5.16. The molecule has 0 unspecified atom stereocenters. The van der Waals surface area contributed by atoms with Crippen LogP contribution in [0.5, 0.6) is 0 Å². The zero-order valence-corrected chi connectivity index (χ0v) is 17.6. The van der Waals surface area contributed by atoms with Gasteiger partial charge in [-0.1, -0.05) is 26.0 Å². The number of thioether (sulfide) groups is 1. The highest BCUT2D eigenvalue weighted by Crippen LogP contribution is 2.26. The first-order valence-corrected chi connectivity index (χ1v) is 11.4. The topological polar surface area (TPSA) is 80.5 Å². The van der Waals surface area contributed by atoms with Gasteiger partial charge >= 0.3 is 5.63 Å². The van der Waals surface area contributed by atoms with Gasteiger partial charge in [0.15, 0.2) is 0 Å². The summed E-state index contributed by atoms with van der Waals surface area (Å²) in [4.78, 5) is 16.3. The molecule has 0 aliphatic heterocycles. The molecule has 3 rings (SSSR count). The second-order valence-electron chi connectivity index (χ2n) is 6.30. The number of hydrogen-bond acceptors (Lipinski definition) is 6. The maximum atomic E-state index is 12.5. The molecule has 148 valence electrons. The fourth-order valence-electron chi connectivity index (χ4n) is 2.93. The van der Waals surface area contributed by atoms with Gasteiger partial charge in [0.25, 0.3) is 0 Å². The van der Waals surface area contributed by atoms with Crippen LogP contribution >= 0.6 is 11.8 Å². The predicted octanol–water partition coefficient (Wildman–Crippen LogP) is 3.82. The van der Waals surface area contributed by atoms with Gasteiger partial charge in [0.1, 0.15) is 10.5 Å². The quantitative estimate of drug-likeness (QED) is 0.429. The Balaban J connectivity index is 1.81. The first kappa shape index (κ1) is 20.6. The summed E-state index contributed by atoms with van der Waals surface area (Å²) in [6.45, 7) is 6.39. The summed E-state index contributed by atoms with van der Waals surface area (Å²) >= 11 is 1.44. The molecule has 0 fully saturated rings. The van der Waals surface area contributed by atoms with Crippen LogP contribution in [0.3, 0.4) is 0 Å². The molecule has 0 bridgehead atoms. The third kappa shape index (κ3) is 4.29. The molecule has 28 heavy (non-hydrogen) atoms. The number of benzene rings is 1. The second-order valence-corrected chi connectivity index (χ2v) is 9.23. The molecule has 0 amide bonds. The van der Waals surface area contributed by atoms with Gasteiger partial charge in [0, 0.05) is 36.5 Å². The van der Waals surface area contributed by atoms with Crippen molar-refractivity contribution >= 4 is 32.8 Å². The number of pyridine rings is 1. The molecule has 0 N–H and O–H groups in total. The van der Waals surface area contributed by atoms with E-state index < -0.39 is 10.0 Å². The van der Waals surface area contributed by atoms with Crippen LogP contribution in [0.25, 0.3) is 11.0 Å². The zero-order valence-electron chi connectivity index (χ0n) is 16.0. The first-order chi connectivity index (χ1) is 13.3. The average Bonchev–Trinajstić information content (AvgIpc) is 2.66. The summed E-state index contributed by atoms with van der Waals surface area (Å²) < 4.78 is 31.7. The molecule has 6 nitrogen and oxygen atoms in total. The number of nitrogens with zero attached hydrogens (tertiary/aromatic N) is 2. The van der Waals surface area contributed by atoms with Gasteiger partial charge < -0.3 is 4.42 Å². The van der Waals surface area contributed by atoms with E-state index in [4.69, 9.17) is 4.42 Å². The number of aryl methyl sites for hydroxylation is 1. The smallest absolute Gasteiger partial charge is 0.336 e. The van der Waals surface area contributed by atoms with Crippen molar-refractivity contribution in [2.45, 2.75) is 36.4 Å². The Hall–Kier alpha value is -2.16. The molecular formula is C20H22N2O4S2. The highest BCUT2D eigenvalue weighted by Gasteiger charge is 2.21. The van der Waals surface area contributed by atoms with Crippen molar-refractivity contribution in [2.24, 2.45) is 0 Å². The lowest BCUT2D eigenvalue weighted by molar-refractivity contribution is 0.445. The Bertz CT molecular complexity index is 1140. The molecule has 0 saturated heterocycles. The summed E-state index contributed by atoms with van der Waals surface area (Å²) in [5.41, 5.74) is 2.06. The lowest BCUT2D eigenvalue weighted by Gasteiger charge is -2.18. The summed E-state index contributed by atoms with van der Waals surface area (Å²) in [5.74, 6) is 0.528.